The van der Waals surface area contributed by atoms with Gasteiger partial charge in [-0.25, -0.2) is 9.37 Å². The van der Waals surface area contributed by atoms with Gasteiger partial charge in [0.2, 0.25) is 11.9 Å². The topological polar surface area (TPSA) is 109 Å². The molecule has 36 heavy (non-hydrogen) atoms. The monoisotopic (exact) mass is 496 g/mol. The second-order valence-corrected chi connectivity index (χ2v) is 9.97. The van der Waals surface area contributed by atoms with Crippen molar-refractivity contribution in [2.75, 3.05) is 43.4 Å². The van der Waals surface area contributed by atoms with E-state index in [0.29, 0.717) is 29.0 Å². The number of likely N-dealkylation sites (tertiary alicyclic amines) is 1. The Morgan fingerprint density at radius 2 is 2.08 bits per heavy atom. The van der Waals surface area contributed by atoms with Crippen molar-refractivity contribution in [3.8, 4) is 0 Å². The summed E-state index contributed by atoms with van der Waals surface area (Å²) in [5, 5.41) is 10.8. The summed E-state index contributed by atoms with van der Waals surface area (Å²) in [4.78, 5) is 29.9. The molecule has 2 aliphatic rings. The standard InChI is InChI=1S/C24H33FN10O/c1-6-20(36)27-19-11-33(10-17(19)25)24-29-22(21-23(30-24)34(13-26-21)14(2)3)28-18-12-35(31-15(18)4)16-7-8-32(5)9-16/h6,12-14,16-17,19H,1,7-11H2,2-5H3,(H,27,36)(H,28,29,30)/t16?,17-,19+/m0/s1. The van der Waals surface area contributed by atoms with Gasteiger partial charge >= 0.3 is 0 Å². The molecule has 1 unspecified atom stereocenters. The summed E-state index contributed by atoms with van der Waals surface area (Å²) < 4.78 is 18.8. The van der Waals surface area contributed by atoms with Crippen molar-refractivity contribution in [3.05, 3.63) is 30.9 Å². The number of fused-ring (bicyclic) bond motifs is 1. The van der Waals surface area contributed by atoms with E-state index >= 15 is 0 Å². The molecule has 2 N–H and O–H groups in total. The molecule has 12 heteroatoms. The van der Waals surface area contributed by atoms with Crippen molar-refractivity contribution < 1.29 is 9.18 Å². The number of likely N-dealkylation sites (N-methyl/N-ethyl adjacent to an activating group) is 1. The molecule has 2 aliphatic heterocycles. The first-order valence-corrected chi connectivity index (χ1v) is 12.3. The normalized spacial score (nSPS) is 22.6. The van der Waals surface area contributed by atoms with E-state index in [1.807, 2.05) is 22.4 Å². The Morgan fingerprint density at radius 3 is 2.78 bits per heavy atom. The van der Waals surface area contributed by atoms with Gasteiger partial charge in [0, 0.05) is 25.3 Å². The first-order chi connectivity index (χ1) is 17.2. The number of rotatable bonds is 7. The first kappa shape index (κ1) is 24.2. The Balaban J connectivity index is 1.48. The zero-order chi connectivity index (χ0) is 25.6. The van der Waals surface area contributed by atoms with Crippen LogP contribution in [0, 0.1) is 6.92 Å². The molecule has 3 aromatic rings. The van der Waals surface area contributed by atoms with Crippen LogP contribution in [0.3, 0.4) is 0 Å². The number of amides is 1. The van der Waals surface area contributed by atoms with Crippen molar-refractivity contribution in [1.29, 1.82) is 0 Å². The Hall–Kier alpha value is -3.54. The minimum Gasteiger partial charge on any atom is -0.345 e. The molecule has 0 aliphatic carbocycles. The third-order valence-corrected chi connectivity index (χ3v) is 6.92. The van der Waals surface area contributed by atoms with Crippen LogP contribution in [0.15, 0.2) is 25.2 Å². The van der Waals surface area contributed by atoms with E-state index in [9.17, 15) is 9.18 Å². The molecule has 0 aromatic carbocycles. The number of halogens is 1. The number of hydrogen-bond acceptors (Lipinski definition) is 8. The van der Waals surface area contributed by atoms with E-state index in [1.165, 1.54) is 0 Å². The number of aromatic nitrogens is 6. The summed E-state index contributed by atoms with van der Waals surface area (Å²) in [6, 6.07) is -0.202. The highest BCUT2D eigenvalue weighted by atomic mass is 19.1. The quantitative estimate of drug-likeness (QED) is 0.480. The highest BCUT2D eigenvalue weighted by Gasteiger charge is 2.35. The van der Waals surface area contributed by atoms with Crippen molar-refractivity contribution in [2.45, 2.75) is 51.5 Å². The maximum Gasteiger partial charge on any atom is 0.243 e. The summed E-state index contributed by atoms with van der Waals surface area (Å²) in [6.45, 7) is 11.9. The van der Waals surface area contributed by atoms with Crippen molar-refractivity contribution in [1.82, 2.24) is 39.5 Å². The fraction of sp³-hybridized carbons (Fsp3) is 0.542. The Bertz CT molecular complexity index is 1280. The van der Waals surface area contributed by atoms with Gasteiger partial charge in [0.25, 0.3) is 0 Å². The maximum atomic E-state index is 14.8. The van der Waals surface area contributed by atoms with E-state index in [2.05, 4.69) is 48.0 Å². The molecule has 0 saturated carbocycles. The van der Waals surface area contributed by atoms with Gasteiger partial charge in [0.1, 0.15) is 6.17 Å². The van der Waals surface area contributed by atoms with Gasteiger partial charge in [0.15, 0.2) is 17.0 Å². The number of carbonyl (C=O) groups is 1. The van der Waals surface area contributed by atoms with E-state index in [-0.39, 0.29) is 19.1 Å². The van der Waals surface area contributed by atoms with Crippen LogP contribution in [0.1, 0.15) is 38.0 Å². The predicted octanol–water partition coefficient (Wildman–Crippen LogP) is 2.36. The lowest BCUT2D eigenvalue weighted by Crippen LogP contribution is -2.40. The zero-order valence-electron chi connectivity index (χ0n) is 21.1. The lowest BCUT2D eigenvalue weighted by atomic mass is 10.2. The second-order valence-electron chi connectivity index (χ2n) is 9.97. The predicted molar refractivity (Wildman–Crippen MR) is 136 cm³/mol. The summed E-state index contributed by atoms with van der Waals surface area (Å²) in [6.07, 6.45) is 4.72. The summed E-state index contributed by atoms with van der Waals surface area (Å²) in [5.41, 5.74) is 3.00. The van der Waals surface area contributed by atoms with Crippen LogP contribution in [0.5, 0.6) is 0 Å². The first-order valence-electron chi connectivity index (χ1n) is 12.3. The van der Waals surface area contributed by atoms with Gasteiger partial charge < -0.3 is 25.0 Å². The van der Waals surface area contributed by atoms with Crippen molar-refractivity contribution in [3.63, 3.8) is 0 Å². The van der Waals surface area contributed by atoms with Crippen molar-refractivity contribution >= 4 is 34.5 Å². The van der Waals surface area contributed by atoms with Gasteiger partial charge in [-0.05, 0) is 46.9 Å². The van der Waals surface area contributed by atoms with Crippen LogP contribution >= 0.6 is 0 Å². The second kappa shape index (κ2) is 9.49. The largest absolute Gasteiger partial charge is 0.345 e. The molecule has 5 rings (SSSR count). The van der Waals surface area contributed by atoms with Crippen LogP contribution in [0.4, 0.5) is 21.8 Å². The third kappa shape index (κ3) is 4.52. The maximum absolute atomic E-state index is 14.8. The van der Waals surface area contributed by atoms with Crippen LogP contribution in [-0.2, 0) is 4.79 Å². The number of aryl methyl sites for hydroxylation is 1. The lowest BCUT2D eigenvalue weighted by molar-refractivity contribution is -0.117. The minimum absolute atomic E-state index is 0.0784. The van der Waals surface area contributed by atoms with Gasteiger partial charge in [-0.2, -0.15) is 15.1 Å². The Kier molecular flexibility index (Phi) is 6.37. The highest BCUT2D eigenvalue weighted by Crippen LogP contribution is 2.31. The Labute approximate surface area is 209 Å². The van der Waals surface area contributed by atoms with E-state index in [4.69, 9.17) is 15.1 Å². The molecular weight excluding hydrogens is 463 g/mol. The van der Waals surface area contributed by atoms with Gasteiger partial charge in [0.05, 0.1) is 36.3 Å². The van der Waals surface area contributed by atoms with Crippen molar-refractivity contribution in [2.24, 2.45) is 0 Å². The summed E-state index contributed by atoms with van der Waals surface area (Å²) >= 11 is 0. The number of nitrogens with one attached hydrogen (secondary N) is 2. The molecule has 0 bridgehead atoms. The van der Waals surface area contributed by atoms with Gasteiger partial charge in [-0.15, -0.1) is 0 Å². The summed E-state index contributed by atoms with van der Waals surface area (Å²) in [5.74, 6) is 0.518. The summed E-state index contributed by atoms with van der Waals surface area (Å²) in [7, 11) is 2.12. The molecule has 2 fully saturated rings. The number of nitrogens with zero attached hydrogens (tertiary/aromatic N) is 8. The molecule has 192 valence electrons. The van der Waals surface area contributed by atoms with Crippen LogP contribution in [-0.4, -0.2) is 85.5 Å². The molecule has 1 amide bonds. The molecular formula is C24H33FN10O. The number of imidazole rings is 1. The van der Waals surface area contributed by atoms with E-state index in [1.54, 1.807) is 11.2 Å². The van der Waals surface area contributed by atoms with E-state index in [0.717, 1.165) is 37.0 Å². The number of anilines is 3. The molecule has 2 saturated heterocycles. The fourth-order valence-electron chi connectivity index (χ4n) is 4.86. The number of carbonyl (C=O) groups excluding carboxylic acids is 1. The molecule has 3 atom stereocenters. The lowest BCUT2D eigenvalue weighted by Gasteiger charge is -2.18. The SMILES string of the molecule is C=CC(=O)N[C@@H]1CN(c2nc(Nc3cn(C4CCN(C)C4)nc3C)c3ncn(C(C)C)c3n2)C[C@@H]1F. The molecule has 11 nitrogen and oxygen atoms in total. The average molecular weight is 497 g/mol. The van der Waals surface area contributed by atoms with Crippen LogP contribution < -0.4 is 15.5 Å². The molecule has 0 radical (unpaired) electrons. The van der Waals surface area contributed by atoms with Gasteiger partial charge in [-0.1, -0.05) is 6.58 Å². The highest BCUT2D eigenvalue weighted by molar-refractivity contribution is 5.88. The zero-order valence-corrected chi connectivity index (χ0v) is 21.1. The average Bonchev–Trinajstić information content (AvgIpc) is 3.61. The van der Waals surface area contributed by atoms with Gasteiger partial charge in [-0.3, -0.25) is 9.48 Å². The molecule has 0 spiro atoms. The molecule has 5 heterocycles. The number of alkyl halides is 1. The van der Waals surface area contributed by atoms with E-state index < -0.39 is 18.1 Å². The third-order valence-electron chi connectivity index (χ3n) is 6.92. The molecule has 3 aromatic heterocycles. The fourth-order valence-corrected chi connectivity index (χ4v) is 4.86. The number of hydrogen-bond donors (Lipinski definition) is 2. The smallest absolute Gasteiger partial charge is 0.243 e. The Morgan fingerprint density at radius 1 is 1.28 bits per heavy atom. The van der Waals surface area contributed by atoms with Crippen LogP contribution in [0.2, 0.25) is 0 Å². The van der Waals surface area contributed by atoms with Crippen LogP contribution in [0.25, 0.3) is 11.2 Å². The minimum atomic E-state index is -1.25.